The van der Waals surface area contributed by atoms with Crippen molar-refractivity contribution in [3.63, 3.8) is 0 Å². The average Bonchev–Trinajstić information content (AvgIpc) is 3.50. The number of Topliss-reactive ketones (excluding diaryl/α,β-unsaturated/α-hetero) is 1. The number of aliphatic carboxylic acids is 1. The van der Waals surface area contributed by atoms with Gasteiger partial charge in [-0.1, -0.05) is 23.2 Å². The Bertz CT molecular complexity index is 1150. The smallest absolute Gasteiger partial charge is 0.433 e. The molecule has 4 rings (SSSR count). The Hall–Kier alpha value is -2.66. The van der Waals surface area contributed by atoms with E-state index in [4.69, 9.17) is 23.2 Å². The van der Waals surface area contributed by atoms with Gasteiger partial charge in [-0.05, 0) is 44.4 Å². The van der Waals surface area contributed by atoms with E-state index in [0.717, 1.165) is 28.6 Å². The van der Waals surface area contributed by atoms with Gasteiger partial charge in [0.2, 0.25) is 0 Å². The van der Waals surface area contributed by atoms with Gasteiger partial charge in [-0.2, -0.15) is 18.3 Å². The fourth-order valence-corrected chi connectivity index (χ4v) is 5.15. The molecule has 0 saturated heterocycles. The number of hydrogen-bond donors (Lipinski definition) is 1. The molecule has 0 radical (unpaired) electrons. The third-order valence-corrected chi connectivity index (χ3v) is 7.19. The summed E-state index contributed by atoms with van der Waals surface area (Å²) in [5, 5.41) is 13.0. The molecule has 0 aliphatic heterocycles. The lowest BCUT2D eigenvalue weighted by molar-refractivity contribution is -0.147. The largest absolute Gasteiger partial charge is 0.481 e. The van der Waals surface area contributed by atoms with Crippen LogP contribution in [0.15, 0.2) is 18.6 Å². The first kappa shape index (κ1) is 26.4. The van der Waals surface area contributed by atoms with Crippen LogP contribution in [-0.2, 0) is 11.0 Å². The van der Waals surface area contributed by atoms with E-state index in [0.29, 0.717) is 0 Å². The number of ketones is 1. The predicted octanol–water partition coefficient (Wildman–Crippen LogP) is 5.15. The summed E-state index contributed by atoms with van der Waals surface area (Å²) < 4.78 is 43.4. The molecule has 13 heteroatoms. The van der Waals surface area contributed by atoms with E-state index >= 15 is 0 Å². The number of nitrogens with zero attached hydrogens (tertiary/aromatic N) is 4. The van der Waals surface area contributed by atoms with Crippen molar-refractivity contribution in [3.8, 4) is 0 Å². The van der Waals surface area contributed by atoms with E-state index in [-0.39, 0.29) is 53.8 Å². The van der Waals surface area contributed by atoms with Gasteiger partial charge in [-0.25, -0.2) is 0 Å². The lowest BCUT2D eigenvalue weighted by Gasteiger charge is -2.28. The van der Waals surface area contributed by atoms with Crippen LogP contribution in [0.5, 0.6) is 0 Å². The maximum atomic E-state index is 14.2. The molecule has 2 aliphatic rings. The number of carbonyl (C=O) groups excluding carboxylic acids is 2. The molecular weight excluding hydrogens is 524 g/mol. The van der Waals surface area contributed by atoms with Crippen LogP contribution in [0.2, 0.25) is 10.0 Å². The first-order chi connectivity index (χ1) is 17.0. The number of carboxylic acid groups (broad SMARTS) is 1. The zero-order valence-electron chi connectivity index (χ0n) is 19.0. The number of aromatic nitrogens is 3. The van der Waals surface area contributed by atoms with Gasteiger partial charge in [-0.15, -0.1) is 0 Å². The van der Waals surface area contributed by atoms with Crippen molar-refractivity contribution >= 4 is 40.9 Å². The highest BCUT2D eigenvalue weighted by atomic mass is 35.5. The van der Waals surface area contributed by atoms with Crippen LogP contribution in [0.4, 0.5) is 13.2 Å². The maximum absolute atomic E-state index is 14.2. The number of alkyl halides is 3. The Morgan fingerprint density at radius 1 is 1.03 bits per heavy atom. The van der Waals surface area contributed by atoms with Crippen molar-refractivity contribution < 1.29 is 32.7 Å². The molecule has 0 spiro atoms. The minimum Gasteiger partial charge on any atom is -0.481 e. The minimum atomic E-state index is -4.89. The Morgan fingerprint density at radius 2 is 1.64 bits per heavy atom. The van der Waals surface area contributed by atoms with Gasteiger partial charge in [0.1, 0.15) is 0 Å². The molecule has 2 aromatic rings. The molecule has 2 aliphatic carbocycles. The van der Waals surface area contributed by atoms with Crippen LogP contribution in [-0.4, -0.2) is 55.5 Å². The van der Waals surface area contributed by atoms with E-state index in [2.05, 4.69) is 10.1 Å². The van der Waals surface area contributed by atoms with Crippen molar-refractivity contribution in [1.82, 2.24) is 19.7 Å². The molecular formula is C23H23Cl2F3N4O4. The first-order valence-corrected chi connectivity index (χ1v) is 12.2. The molecule has 2 saturated carbocycles. The van der Waals surface area contributed by atoms with E-state index in [1.807, 2.05) is 0 Å². The summed E-state index contributed by atoms with van der Waals surface area (Å²) in [6, 6.07) is -0.688. The van der Waals surface area contributed by atoms with Gasteiger partial charge in [0, 0.05) is 18.9 Å². The number of rotatable bonds is 8. The SMILES string of the molecule is O=C(CN(CC1CC1)C(=O)c1cnn([C@H]2CC[C@H](C(=O)O)CC2)c1C(F)(F)F)c1c(Cl)cncc1Cl. The highest BCUT2D eigenvalue weighted by Crippen LogP contribution is 2.39. The van der Waals surface area contributed by atoms with Gasteiger partial charge in [-0.3, -0.25) is 24.0 Å². The van der Waals surface area contributed by atoms with E-state index in [9.17, 15) is 32.7 Å². The van der Waals surface area contributed by atoms with Crippen LogP contribution in [0.1, 0.15) is 71.0 Å². The molecule has 2 fully saturated rings. The molecule has 1 N–H and O–H groups in total. The number of carboxylic acids is 1. The number of amides is 1. The molecule has 0 bridgehead atoms. The standard InChI is InChI=1S/C23H23Cl2F3N4O4/c24-16-8-29-9-17(25)19(16)18(33)11-31(10-12-1-2-12)21(34)15-7-30-32(20(15)23(26,27)28)14-5-3-13(4-6-14)22(35)36/h7-9,12-14H,1-6,10-11H2,(H,35,36)/t13-,14-. The van der Waals surface area contributed by atoms with E-state index in [1.54, 1.807) is 0 Å². The lowest BCUT2D eigenvalue weighted by atomic mass is 9.86. The third kappa shape index (κ3) is 5.67. The topological polar surface area (TPSA) is 105 Å². The molecule has 2 heterocycles. The normalized spacial score (nSPS) is 20.2. The number of hydrogen-bond acceptors (Lipinski definition) is 5. The van der Waals surface area contributed by atoms with Gasteiger partial charge >= 0.3 is 12.1 Å². The van der Waals surface area contributed by atoms with Gasteiger partial charge in [0.15, 0.2) is 11.5 Å². The third-order valence-electron chi connectivity index (χ3n) is 6.62. The number of carbonyl (C=O) groups is 3. The monoisotopic (exact) mass is 546 g/mol. The van der Waals surface area contributed by atoms with E-state index in [1.165, 1.54) is 12.4 Å². The van der Waals surface area contributed by atoms with Crippen LogP contribution in [0.3, 0.4) is 0 Å². The number of halogens is 5. The highest BCUT2D eigenvalue weighted by molar-refractivity contribution is 6.39. The Labute approximate surface area is 214 Å². The summed E-state index contributed by atoms with van der Waals surface area (Å²) in [6.45, 7) is -0.401. The van der Waals surface area contributed by atoms with Crippen molar-refractivity contribution in [2.45, 2.75) is 50.7 Å². The predicted molar refractivity (Wildman–Crippen MR) is 123 cm³/mol. The van der Waals surface area contributed by atoms with Crippen molar-refractivity contribution in [1.29, 1.82) is 0 Å². The first-order valence-electron chi connectivity index (χ1n) is 11.5. The van der Waals surface area contributed by atoms with Gasteiger partial charge < -0.3 is 10.0 Å². The number of pyridine rings is 1. The van der Waals surface area contributed by atoms with Gasteiger partial charge in [0.25, 0.3) is 5.91 Å². The summed E-state index contributed by atoms with van der Waals surface area (Å²) in [4.78, 5) is 42.5. The minimum absolute atomic E-state index is 0.0212. The molecule has 1 amide bonds. The second kappa shape index (κ2) is 10.4. The van der Waals surface area contributed by atoms with Gasteiger partial charge in [0.05, 0.1) is 45.9 Å². The molecule has 2 aromatic heterocycles. The molecule has 0 atom stereocenters. The molecule has 0 aromatic carbocycles. The van der Waals surface area contributed by atoms with E-state index < -0.39 is 53.6 Å². The summed E-state index contributed by atoms with van der Waals surface area (Å²) in [5.41, 5.74) is -1.90. The fraction of sp³-hybridized carbons (Fsp3) is 0.522. The second-order valence-electron chi connectivity index (χ2n) is 9.22. The second-order valence-corrected chi connectivity index (χ2v) is 10.0. The zero-order valence-corrected chi connectivity index (χ0v) is 20.5. The Balaban J connectivity index is 1.63. The molecule has 194 valence electrons. The summed E-state index contributed by atoms with van der Waals surface area (Å²) >= 11 is 12.1. The quantitative estimate of drug-likeness (QED) is 0.458. The summed E-state index contributed by atoms with van der Waals surface area (Å²) in [6.07, 6.45) is 0.851. The highest BCUT2D eigenvalue weighted by Gasteiger charge is 2.44. The van der Waals surface area contributed by atoms with Crippen LogP contribution in [0.25, 0.3) is 0 Å². The fourth-order valence-electron chi connectivity index (χ4n) is 4.58. The molecule has 36 heavy (non-hydrogen) atoms. The molecule has 0 unspecified atom stereocenters. The summed E-state index contributed by atoms with van der Waals surface area (Å²) in [7, 11) is 0. The summed E-state index contributed by atoms with van der Waals surface area (Å²) in [5.74, 6) is -3.08. The van der Waals surface area contributed by atoms with Crippen molar-refractivity contribution in [2.24, 2.45) is 11.8 Å². The molecule has 8 nitrogen and oxygen atoms in total. The van der Waals surface area contributed by atoms with Crippen LogP contribution < -0.4 is 0 Å². The zero-order chi connectivity index (χ0) is 26.2. The average molecular weight is 547 g/mol. The van der Waals surface area contributed by atoms with Crippen LogP contribution >= 0.6 is 23.2 Å². The Kier molecular flexibility index (Phi) is 7.61. The maximum Gasteiger partial charge on any atom is 0.433 e. The van der Waals surface area contributed by atoms with Crippen molar-refractivity contribution in [3.05, 3.63) is 45.5 Å². The Morgan fingerprint density at radius 3 is 2.17 bits per heavy atom. The van der Waals surface area contributed by atoms with Crippen molar-refractivity contribution in [2.75, 3.05) is 13.1 Å². The lowest BCUT2D eigenvalue weighted by Crippen LogP contribution is -2.38. The van der Waals surface area contributed by atoms with Crippen LogP contribution in [0, 0.1) is 11.8 Å².